The molecule has 0 N–H and O–H groups in total. The molecule has 0 spiro atoms. The largest absolute Gasteiger partial charge is 1.00 e. The van der Waals surface area contributed by atoms with Gasteiger partial charge in [0, 0.05) is 0 Å². The van der Waals surface area contributed by atoms with Gasteiger partial charge in [0.2, 0.25) is 0 Å². The molecular weight excluding hydrogens is 1060 g/mol. The third-order valence-corrected chi connectivity index (χ3v) is 15.1. The van der Waals surface area contributed by atoms with Gasteiger partial charge in [0.15, 0.2) is 0 Å². The van der Waals surface area contributed by atoms with Crippen LogP contribution in [-0.4, -0.2) is 3.21 Å². The SMILES string of the molecule is CCc1cc(C(C)(C)C)c[cH-]1.Cc1cc(C)c(-c2[c-]c3c(cc2C(C)(C)C)-c2cc(C(C)(C)C)c(-c4c(C)cc(C)cc4C)cc2C3)c(C)c1.FC(F)(F)c1ccc([C](=[Zr+2])c2ccc(C(F)(F)F)cc2)cc1.[Cl-].[Cl-]. The minimum atomic E-state index is -4.41. The summed E-state index contributed by atoms with van der Waals surface area (Å²) in [6.45, 7) is 36.5. The smallest absolute Gasteiger partial charge is 1.00 e. The summed E-state index contributed by atoms with van der Waals surface area (Å²) in [4.78, 5) is 0. The minimum absolute atomic E-state index is 0. The number of benzene rings is 6. The fraction of sp³-hybridized carbons (Fsp3) is 0.354. The quantitative estimate of drug-likeness (QED) is 0.119. The fourth-order valence-electron chi connectivity index (χ4n) is 9.99. The zero-order valence-corrected chi connectivity index (χ0v) is 49.8. The van der Waals surface area contributed by atoms with Crippen LogP contribution in [0, 0.1) is 47.6 Å². The Morgan fingerprint density at radius 2 is 0.932 bits per heavy atom. The normalized spacial score (nSPS) is 12.3. The van der Waals surface area contributed by atoms with Gasteiger partial charge in [-0.25, -0.2) is 6.07 Å². The maximum atomic E-state index is 12.5. The van der Waals surface area contributed by atoms with Crippen LogP contribution in [0.5, 0.6) is 0 Å². The molecule has 1 aliphatic rings. The van der Waals surface area contributed by atoms with Gasteiger partial charge in [-0.05, 0) is 92.2 Å². The molecule has 8 rings (SSSR count). The molecule has 0 saturated carbocycles. The second-order valence-corrected chi connectivity index (χ2v) is 24.1. The van der Waals surface area contributed by atoms with E-state index in [0.29, 0.717) is 19.7 Å². The molecule has 74 heavy (non-hydrogen) atoms. The van der Waals surface area contributed by atoms with E-state index < -0.39 is 23.5 Å². The summed E-state index contributed by atoms with van der Waals surface area (Å²) in [5, 5.41) is 0. The fourth-order valence-corrected chi connectivity index (χ4v) is 10.8. The number of fused-ring (bicyclic) bond motifs is 3. The van der Waals surface area contributed by atoms with Crippen LogP contribution in [0.25, 0.3) is 33.4 Å². The van der Waals surface area contributed by atoms with E-state index in [4.69, 9.17) is 0 Å². The van der Waals surface area contributed by atoms with E-state index in [2.05, 4.69) is 178 Å². The van der Waals surface area contributed by atoms with Crippen LogP contribution in [-0.2, 0) is 65.7 Å². The topological polar surface area (TPSA) is 0 Å². The number of aryl methyl sites for hydroxylation is 7. The monoisotopic (exact) mass is 1120 g/mol. The Morgan fingerprint density at radius 1 is 0.514 bits per heavy atom. The predicted molar refractivity (Wildman–Crippen MR) is 286 cm³/mol. The van der Waals surface area contributed by atoms with E-state index in [0.717, 1.165) is 61.3 Å². The Hall–Kier alpha value is -4.42. The Morgan fingerprint density at radius 3 is 1.30 bits per heavy atom. The van der Waals surface area contributed by atoms with Crippen molar-refractivity contribution in [2.24, 2.45) is 0 Å². The van der Waals surface area contributed by atoms with Gasteiger partial charge in [-0.15, -0.1) is 28.8 Å². The Kier molecular flexibility index (Phi) is 19.7. The summed E-state index contributed by atoms with van der Waals surface area (Å²) >= 11 is 0.898. The summed E-state index contributed by atoms with van der Waals surface area (Å²) in [7, 11) is 0. The molecule has 1 aliphatic carbocycles. The van der Waals surface area contributed by atoms with Crippen molar-refractivity contribution in [1.82, 2.24) is 0 Å². The van der Waals surface area contributed by atoms with Gasteiger partial charge in [-0.1, -0.05) is 156 Å². The van der Waals surface area contributed by atoms with Crippen molar-refractivity contribution in [1.29, 1.82) is 0 Å². The molecule has 0 atom stereocenters. The first-order valence-electron chi connectivity index (χ1n) is 24.8. The number of hydrogen-bond donors (Lipinski definition) is 0. The molecule has 0 nitrogen and oxygen atoms in total. The van der Waals surface area contributed by atoms with Gasteiger partial charge in [-0.3, -0.25) is 0 Å². The van der Waals surface area contributed by atoms with Crippen molar-refractivity contribution < 1.29 is 75.4 Å². The Labute approximate surface area is 465 Å². The maximum absolute atomic E-state index is 12.5. The zero-order chi connectivity index (χ0) is 53.6. The van der Waals surface area contributed by atoms with Crippen LogP contribution in [0.2, 0.25) is 0 Å². The molecule has 0 amide bonds. The first-order chi connectivity index (χ1) is 33.2. The number of rotatable bonds is 5. The molecular formula is C65H70Cl2F6Zr-2. The van der Waals surface area contributed by atoms with Crippen molar-refractivity contribution in [3.05, 3.63) is 204 Å². The van der Waals surface area contributed by atoms with Crippen LogP contribution in [0.1, 0.15) is 158 Å². The average Bonchev–Trinajstić information content (AvgIpc) is 3.89. The van der Waals surface area contributed by atoms with Gasteiger partial charge in [0.1, 0.15) is 0 Å². The van der Waals surface area contributed by atoms with Gasteiger partial charge in [0.25, 0.3) is 0 Å². The molecule has 0 unspecified atom stereocenters. The zero-order valence-electron chi connectivity index (χ0n) is 45.8. The molecule has 7 aromatic rings. The van der Waals surface area contributed by atoms with Crippen LogP contribution in [0.3, 0.4) is 0 Å². The van der Waals surface area contributed by atoms with Crippen LogP contribution in [0.4, 0.5) is 26.3 Å². The molecule has 392 valence electrons. The Balaban J connectivity index is 0.000000284. The molecule has 0 aliphatic heterocycles. The number of hydrogen-bond acceptors (Lipinski definition) is 0. The number of alkyl halides is 6. The second kappa shape index (κ2) is 23.4. The maximum Gasteiger partial charge on any atom is -1.00 e. The molecule has 0 heterocycles. The molecule has 9 heteroatoms. The van der Waals surface area contributed by atoms with Crippen molar-refractivity contribution in [3.8, 4) is 33.4 Å². The van der Waals surface area contributed by atoms with Crippen molar-refractivity contribution in [2.45, 2.75) is 152 Å². The molecule has 0 fully saturated rings. The van der Waals surface area contributed by atoms with Crippen LogP contribution < -0.4 is 24.8 Å². The standard InChI is InChI=1S/C39H45.C15H8F6.C11H17.2ClH.Zr/c1-22-13-24(3)36(25(4)14-22)32-18-28-17-29-19-33(37-26(5)15-23(2)16-27(37)6)35(39(10,11)12)21-31(29)30(28)20-34(32)38(7,8)9;16-14(17,18)12-5-1-10(2-6-12)9-11-3-7-13(8-4-11)15(19,20)21;1-5-9-6-7-10(8-9)11(2,3)4;;;/h13-16,18,20-21H,17H2,1-12H3;1-8H;6-8H,5H2,1-4H3;2*1H;/q-1;;-1;;;+2/p-2. The van der Waals surface area contributed by atoms with Crippen molar-refractivity contribution >= 4 is 3.21 Å². The third-order valence-electron chi connectivity index (χ3n) is 13.6. The summed E-state index contributed by atoms with van der Waals surface area (Å²) in [6, 6.07) is 36.7. The Bertz CT molecular complexity index is 2880. The van der Waals surface area contributed by atoms with Crippen LogP contribution >= 0.6 is 0 Å². The second-order valence-electron chi connectivity index (χ2n) is 22.9. The first kappa shape index (κ1) is 62.1. The number of halogens is 8. The average molecular weight is 1130 g/mol. The molecule has 0 aromatic heterocycles. The van der Waals surface area contributed by atoms with Gasteiger partial charge in [-0.2, -0.15) is 23.3 Å². The van der Waals surface area contributed by atoms with E-state index in [1.165, 1.54) is 124 Å². The molecule has 0 saturated heterocycles. The van der Waals surface area contributed by atoms with Gasteiger partial charge in [0.05, 0.1) is 0 Å². The van der Waals surface area contributed by atoms with Gasteiger partial charge >= 0.3 is 137 Å². The molecule has 0 radical (unpaired) electrons. The summed E-state index contributed by atoms with van der Waals surface area (Å²) in [6.07, 6.45) is -6.73. The molecule has 0 bridgehead atoms. The van der Waals surface area contributed by atoms with E-state index in [-0.39, 0.29) is 35.6 Å². The molecule has 7 aromatic carbocycles. The third kappa shape index (κ3) is 14.3. The summed E-state index contributed by atoms with van der Waals surface area (Å²) < 4.78 is 75.6. The van der Waals surface area contributed by atoms with E-state index in [9.17, 15) is 26.3 Å². The van der Waals surface area contributed by atoms with E-state index in [1.54, 1.807) is 0 Å². The van der Waals surface area contributed by atoms with Crippen LogP contribution in [0.15, 0.2) is 109 Å². The van der Waals surface area contributed by atoms with E-state index >= 15 is 0 Å². The summed E-state index contributed by atoms with van der Waals surface area (Å²) in [5.41, 5.74) is 24.7. The minimum Gasteiger partial charge on any atom is -1.00 e. The first-order valence-corrected chi connectivity index (χ1v) is 26.1. The summed E-state index contributed by atoms with van der Waals surface area (Å²) in [5.74, 6) is 0. The van der Waals surface area contributed by atoms with Gasteiger partial charge < -0.3 is 24.8 Å². The predicted octanol–water partition coefficient (Wildman–Crippen LogP) is 13.0. The van der Waals surface area contributed by atoms with Crippen molar-refractivity contribution in [3.63, 3.8) is 0 Å². The van der Waals surface area contributed by atoms with E-state index in [1.807, 2.05) is 0 Å². The van der Waals surface area contributed by atoms with Crippen molar-refractivity contribution in [2.75, 3.05) is 0 Å².